The van der Waals surface area contributed by atoms with Crippen molar-refractivity contribution < 1.29 is 14.2 Å². The zero-order valence-corrected chi connectivity index (χ0v) is 19.5. The minimum Gasteiger partial charge on any atom is -0.462 e. The highest BCUT2D eigenvalue weighted by Crippen LogP contribution is 2.26. The van der Waals surface area contributed by atoms with Crippen LogP contribution in [-0.4, -0.2) is 86.3 Å². The maximum Gasteiger partial charge on any atom is 0.318 e. The van der Waals surface area contributed by atoms with Crippen molar-refractivity contribution in [3.63, 3.8) is 0 Å². The largest absolute Gasteiger partial charge is 0.462 e. The fraction of sp³-hybridized carbons (Fsp3) is 0.560. The molecule has 176 valence electrons. The van der Waals surface area contributed by atoms with Crippen molar-refractivity contribution in [1.29, 1.82) is 0 Å². The van der Waals surface area contributed by atoms with Crippen molar-refractivity contribution in [2.24, 2.45) is 4.99 Å². The lowest BCUT2D eigenvalue weighted by Crippen LogP contribution is -2.39. The van der Waals surface area contributed by atoms with Crippen molar-refractivity contribution in [1.82, 2.24) is 14.9 Å². The maximum atomic E-state index is 6.01. The van der Waals surface area contributed by atoms with E-state index < -0.39 is 0 Å². The Labute approximate surface area is 195 Å². The average molecular weight is 452 g/mol. The lowest BCUT2D eigenvalue weighted by atomic mass is 10.0. The fourth-order valence-corrected chi connectivity index (χ4v) is 4.67. The molecule has 2 aromatic rings. The summed E-state index contributed by atoms with van der Waals surface area (Å²) < 4.78 is 17.0. The van der Waals surface area contributed by atoms with E-state index >= 15 is 0 Å². The quantitative estimate of drug-likeness (QED) is 0.639. The first-order chi connectivity index (χ1) is 16.3. The summed E-state index contributed by atoms with van der Waals surface area (Å²) >= 11 is 0. The summed E-state index contributed by atoms with van der Waals surface area (Å²) in [6.45, 7) is 10.7. The van der Waals surface area contributed by atoms with Gasteiger partial charge in [-0.15, -0.1) is 0 Å². The van der Waals surface area contributed by atoms with Crippen LogP contribution in [0.1, 0.15) is 28.8 Å². The maximum absolute atomic E-state index is 6.01. The molecule has 2 aliphatic heterocycles. The van der Waals surface area contributed by atoms with Gasteiger partial charge in [-0.3, -0.25) is 9.89 Å². The van der Waals surface area contributed by atoms with Crippen molar-refractivity contribution in [2.45, 2.75) is 26.3 Å². The Morgan fingerprint density at radius 1 is 1.00 bits per heavy atom. The van der Waals surface area contributed by atoms with Crippen molar-refractivity contribution in [2.75, 3.05) is 70.7 Å². The van der Waals surface area contributed by atoms with Gasteiger partial charge in [0.25, 0.3) is 0 Å². The molecule has 1 aliphatic carbocycles. The Morgan fingerprint density at radius 3 is 2.61 bits per heavy atom. The fourth-order valence-electron chi connectivity index (χ4n) is 4.67. The summed E-state index contributed by atoms with van der Waals surface area (Å²) in [5.74, 6) is 0.896. The molecule has 3 aliphatic rings. The number of anilines is 1. The number of nitrogens with zero attached hydrogens (tertiary/aromatic N) is 5. The summed E-state index contributed by atoms with van der Waals surface area (Å²) in [7, 11) is 0. The van der Waals surface area contributed by atoms with Gasteiger partial charge in [-0.2, -0.15) is 9.97 Å². The zero-order chi connectivity index (χ0) is 22.5. The number of morpholine rings is 2. The summed E-state index contributed by atoms with van der Waals surface area (Å²) in [6, 6.07) is 8.98. The first-order valence-corrected chi connectivity index (χ1v) is 12.0. The number of aryl methyl sites for hydroxylation is 1. The molecule has 0 spiro atoms. The minimum absolute atomic E-state index is 0.435. The highest BCUT2D eigenvalue weighted by Gasteiger charge is 2.20. The predicted molar refractivity (Wildman–Crippen MR) is 128 cm³/mol. The third kappa shape index (κ3) is 5.51. The number of hydrogen-bond acceptors (Lipinski definition) is 8. The molecule has 0 bridgehead atoms. The van der Waals surface area contributed by atoms with Crippen LogP contribution in [0.3, 0.4) is 0 Å². The number of benzene rings is 1. The number of rotatable bonds is 7. The molecular weight excluding hydrogens is 418 g/mol. The third-order valence-electron chi connectivity index (χ3n) is 6.59. The van der Waals surface area contributed by atoms with E-state index in [0.717, 1.165) is 70.3 Å². The molecular formula is C25H33N5O3. The summed E-state index contributed by atoms with van der Waals surface area (Å²) in [6.07, 6.45) is 2.06. The Hall–Kier alpha value is -2.55. The van der Waals surface area contributed by atoms with Gasteiger partial charge in [0.1, 0.15) is 12.4 Å². The summed E-state index contributed by atoms with van der Waals surface area (Å²) in [5, 5.41) is 0. The van der Waals surface area contributed by atoms with Crippen LogP contribution < -0.4 is 9.64 Å². The second-order valence-corrected chi connectivity index (χ2v) is 8.77. The monoisotopic (exact) mass is 451 g/mol. The van der Waals surface area contributed by atoms with E-state index in [-0.39, 0.29) is 0 Å². The Balaban J connectivity index is 1.31. The molecule has 0 saturated carbocycles. The lowest BCUT2D eigenvalue weighted by molar-refractivity contribution is 0.0317. The van der Waals surface area contributed by atoms with Gasteiger partial charge in [0, 0.05) is 44.5 Å². The standard InChI is InChI=1S/C25H33N5O3/c1-19-3-2-4-22-21(19)5-6-23(22)26-18-20-17-24(30-10-14-32-15-11-30)28-25(27-20)33-16-9-29-7-12-31-13-8-29/h2-4,17H,5-16,18H2,1H3. The number of fused-ring (bicyclic) bond motifs is 1. The van der Waals surface area contributed by atoms with Crippen molar-refractivity contribution in [3.05, 3.63) is 46.6 Å². The molecule has 1 aromatic carbocycles. The summed E-state index contributed by atoms with van der Waals surface area (Å²) in [5.41, 5.74) is 6.14. The van der Waals surface area contributed by atoms with Gasteiger partial charge >= 0.3 is 6.01 Å². The van der Waals surface area contributed by atoms with Gasteiger partial charge in [-0.25, -0.2) is 0 Å². The molecule has 0 N–H and O–H groups in total. The zero-order valence-electron chi connectivity index (χ0n) is 19.5. The first kappa shape index (κ1) is 22.3. The highest BCUT2D eigenvalue weighted by atomic mass is 16.5. The number of ether oxygens (including phenoxy) is 3. The molecule has 0 radical (unpaired) electrons. The minimum atomic E-state index is 0.435. The van der Waals surface area contributed by atoms with Crippen LogP contribution in [0.15, 0.2) is 29.3 Å². The third-order valence-corrected chi connectivity index (χ3v) is 6.59. The normalized spacial score (nSPS) is 20.3. The topological polar surface area (TPSA) is 72.3 Å². The summed E-state index contributed by atoms with van der Waals surface area (Å²) in [4.78, 5) is 19.0. The van der Waals surface area contributed by atoms with Gasteiger partial charge in [0.2, 0.25) is 0 Å². The van der Waals surface area contributed by atoms with Crippen molar-refractivity contribution in [3.8, 4) is 6.01 Å². The Bertz CT molecular complexity index is 984. The molecule has 33 heavy (non-hydrogen) atoms. The molecule has 8 heteroatoms. The molecule has 0 atom stereocenters. The van der Waals surface area contributed by atoms with E-state index in [4.69, 9.17) is 29.2 Å². The molecule has 0 amide bonds. The molecule has 0 unspecified atom stereocenters. The van der Waals surface area contributed by atoms with Gasteiger partial charge in [-0.05, 0) is 36.5 Å². The Morgan fingerprint density at radius 2 is 1.79 bits per heavy atom. The second kappa shape index (κ2) is 10.6. The van der Waals surface area contributed by atoms with E-state index in [1.165, 1.54) is 22.4 Å². The highest BCUT2D eigenvalue weighted by molar-refractivity contribution is 6.04. The molecule has 5 rings (SSSR count). The van der Waals surface area contributed by atoms with Gasteiger partial charge in [0.05, 0.1) is 38.7 Å². The van der Waals surface area contributed by atoms with E-state index in [1.807, 2.05) is 0 Å². The van der Waals surface area contributed by atoms with Crippen LogP contribution in [0.4, 0.5) is 5.82 Å². The van der Waals surface area contributed by atoms with Crippen LogP contribution in [0.25, 0.3) is 0 Å². The van der Waals surface area contributed by atoms with Gasteiger partial charge in [-0.1, -0.05) is 18.2 Å². The molecule has 8 nitrogen and oxygen atoms in total. The Kier molecular flexibility index (Phi) is 7.14. The van der Waals surface area contributed by atoms with E-state index in [0.29, 0.717) is 32.4 Å². The van der Waals surface area contributed by atoms with Crippen LogP contribution in [0, 0.1) is 6.92 Å². The van der Waals surface area contributed by atoms with Gasteiger partial charge < -0.3 is 19.1 Å². The lowest BCUT2D eigenvalue weighted by Gasteiger charge is -2.28. The van der Waals surface area contributed by atoms with Gasteiger partial charge in [0.15, 0.2) is 0 Å². The molecule has 3 heterocycles. The van der Waals surface area contributed by atoms with Crippen molar-refractivity contribution >= 4 is 11.5 Å². The van der Waals surface area contributed by atoms with E-state index in [9.17, 15) is 0 Å². The molecule has 2 fully saturated rings. The van der Waals surface area contributed by atoms with Crippen LogP contribution in [0.5, 0.6) is 6.01 Å². The second-order valence-electron chi connectivity index (χ2n) is 8.77. The number of aromatic nitrogens is 2. The molecule has 2 saturated heterocycles. The number of aliphatic imine (C=N–C) groups is 1. The smallest absolute Gasteiger partial charge is 0.318 e. The average Bonchev–Trinajstić information content (AvgIpc) is 3.28. The van der Waals surface area contributed by atoms with E-state index in [1.54, 1.807) is 0 Å². The predicted octanol–water partition coefficient (Wildman–Crippen LogP) is 2.27. The first-order valence-electron chi connectivity index (χ1n) is 12.0. The van der Waals surface area contributed by atoms with Crippen LogP contribution in [-0.2, 0) is 22.4 Å². The van der Waals surface area contributed by atoms with Crippen LogP contribution in [0.2, 0.25) is 0 Å². The SMILES string of the molecule is Cc1cccc2c1CCC2=NCc1cc(N2CCOCC2)nc(OCCN2CCOCC2)n1. The number of hydrogen-bond donors (Lipinski definition) is 0. The van der Waals surface area contributed by atoms with Crippen LogP contribution >= 0.6 is 0 Å². The van der Waals surface area contributed by atoms with E-state index in [2.05, 4.69) is 41.0 Å². The molecule has 1 aromatic heterocycles.